The Morgan fingerprint density at radius 2 is 1.77 bits per heavy atom. The summed E-state index contributed by atoms with van der Waals surface area (Å²) < 4.78 is 0. The van der Waals surface area contributed by atoms with Crippen LogP contribution in [0.2, 0.25) is 0 Å². The standard InChI is InChI=1S/C26H31N5O2.C4H6O6/c1-18-19(15-30-12-9-26(17-27,10-13-30)24-8-4-5-11-28-24)14-20-21(29-18)16-31(25(20)33)22-6-2-3-7-23(22)32;5-1(3(7)8)2(6)4(9)10/h4-5,8,11,14,22-23,32H,2-3,6-7,9-10,12-13,15-16H2,1H3;1-2,5-6H,(H,7,8)(H,9,10)/t22-,23-;/m0./s1. The third-order valence-electron chi connectivity index (χ3n) is 8.58. The number of fused-ring (bicyclic) bond motifs is 1. The summed E-state index contributed by atoms with van der Waals surface area (Å²) in [5, 5.41) is 52.9. The van der Waals surface area contributed by atoms with Gasteiger partial charge in [0.25, 0.3) is 5.91 Å². The van der Waals surface area contributed by atoms with Crippen LogP contribution >= 0.6 is 0 Å². The van der Waals surface area contributed by atoms with Gasteiger partial charge in [-0.05, 0) is 56.4 Å². The van der Waals surface area contributed by atoms with Crippen molar-refractivity contribution in [1.82, 2.24) is 19.8 Å². The molecule has 1 saturated carbocycles. The van der Waals surface area contributed by atoms with Crippen LogP contribution in [-0.4, -0.2) is 101 Å². The number of likely N-dealkylation sites (tertiary alicyclic amines) is 1. The number of aryl methyl sites for hydroxylation is 1. The van der Waals surface area contributed by atoms with Crippen molar-refractivity contribution in [3.63, 3.8) is 0 Å². The lowest BCUT2D eigenvalue weighted by molar-refractivity contribution is -0.165. The highest BCUT2D eigenvalue weighted by Gasteiger charge is 2.40. The van der Waals surface area contributed by atoms with Gasteiger partial charge in [0.15, 0.2) is 12.2 Å². The fraction of sp³-hybridized carbons (Fsp3) is 0.533. The number of piperidine rings is 1. The Kier molecular flexibility index (Phi) is 10.1. The lowest BCUT2D eigenvalue weighted by atomic mass is 9.76. The van der Waals surface area contributed by atoms with Gasteiger partial charge >= 0.3 is 11.9 Å². The lowest BCUT2D eigenvalue weighted by Gasteiger charge is -2.37. The van der Waals surface area contributed by atoms with Crippen LogP contribution in [0, 0.1) is 18.3 Å². The molecule has 1 aliphatic carbocycles. The van der Waals surface area contributed by atoms with Crippen molar-refractivity contribution in [2.24, 2.45) is 0 Å². The Bertz CT molecular complexity index is 1350. The highest BCUT2D eigenvalue weighted by molar-refractivity contribution is 5.98. The summed E-state index contributed by atoms with van der Waals surface area (Å²) in [5.74, 6) is -3.54. The predicted molar refractivity (Wildman–Crippen MR) is 150 cm³/mol. The highest BCUT2D eigenvalue weighted by atomic mass is 16.4. The van der Waals surface area contributed by atoms with Crippen LogP contribution in [0.5, 0.6) is 0 Å². The minimum atomic E-state index is -2.27. The zero-order chi connectivity index (χ0) is 31.3. The van der Waals surface area contributed by atoms with Gasteiger partial charge in [-0.3, -0.25) is 19.7 Å². The van der Waals surface area contributed by atoms with Gasteiger partial charge in [-0.2, -0.15) is 5.26 Å². The summed E-state index contributed by atoms with van der Waals surface area (Å²) in [4.78, 5) is 46.2. The summed E-state index contributed by atoms with van der Waals surface area (Å²) in [6.07, 6.45) is 1.97. The monoisotopic (exact) mass is 595 g/mol. The number of aromatic nitrogens is 2. The molecule has 1 saturated heterocycles. The second-order valence-corrected chi connectivity index (χ2v) is 11.3. The molecule has 4 atom stereocenters. The molecular formula is C30H37N5O8. The fourth-order valence-electron chi connectivity index (χ4n) is 5.95. The number of nitrogens with zero attached hydrogens (tertiary/aromatic N) is 5. The first-order valence-electron chi connectivity index (χ1n) is 14.3. The van der Waals surface area contributed by atoms with Crippen molar-refractivity contribution in [3.8, 4) is 6.07 Å². The number of pyridine rings is 2. The van der Waals surface area contributed by atoms with Crippen LogP contribution in [-0.2, 0) is 28.1 Å². The Morgan fingerprint density at radius 3 is 2.33 bits per heavy atom. The van der Waals surface area contributed by atoms with E-state index in [0.717, 1.165) is 80.8 Å². The van der Waals surface area contributed by atoms with Crippen LogP contribution < -0.4 is 0 Å². The number of hydrogen-bond donors (Lipinski definition) is 5. The van der Waals surface area contributed by atoms with Gasteiger partial charge in [-0.15, -0.1) is 0 Å². The van der Waals surface area contributed by atoms with E-state index >= 15 is 0 Å². The summed E-state index contributed by atoms with van der Waals surface area (Å²) in [6, 6.07) is 10.2. The molecule has 5 N–H and O–H groups in total. The second kappa shape index (κ2) is 13.6. The summed E-state index contributed by atoms with van der Waals surface area (Å²) in [7, 11) is 0. The Hall–Kier alpha value is -3.96. The van der Waals surface area contributed by atoms with Gasteiger partial charge < -0.3 is 30.4 Å². The molecule has 2 aromatic heterocycles. The van der Waals surface area contributed by atoms with Crippen LogP contribution in [0.25, 0.3) is 0 Å². The minimum Gasteiger partial charge on any atom is -0.479 e. The number of rotatable bonds is 7. The van der Waals surface area contributed by atoms with Crippen molar-refractivity contribution in [2.45, 2.75) is 88.3 Å². The molecule has 3 aliphatic rings. The van der Waals surface area contributed by atoms with Gasteiger partial charge in [0, 0.05) is 31.5 Å². The van der Waals surface area contributed by atoms with E-state index in [4.69, 9.17) is 25.4 Å². The Balaban J connectivity index is 0.000000365. The fourth-order valence-corrected chi connectivity index (χ4v) is 5.95. The molecule has 13 nitrogen and oxygen atoms in total. The zero-order valence-corrected chi connectivity index (χ0v) is 24.0. The topological polar surface area (TPSA) is 208 Å². The number of hydrogen-bond acceptors (Lipinski definition) is 10. The largest absolute Gasteiger partial charge is 0.479 e. The van der Waals surface area contributed by atoms with E-state index in [0.29, 0.717) is 12.1 Å². The molecule has 13 heteroatoms. The smallest absolute Gasteiger partial charge is 0.335 e. The molecule has 0 aromatic carbocycles. The third-order valence-corrected chi connectivity index (χ3v) is 8.58. The normalized spacial score (nSPS) is 22.9. The predicted octanol–water partition coefficient (Wildman–Crippen LogP) is 0.979. The number of aliphatic hydroxyl groups is 3. The van der Waals surface area contributed by atoms with Crippen molar-refractivity contribution in [3.05, 3.63) is 58.7 Å². The summed E-state index contributed by atoms with van der Waals surface area (Å²) >= 11 is 0. The molecule has 0 spiro atoms. The molecule has 1 amide bonds. The molecule has 5 rings (SSSR count). The third kappa shape index (κ3) is 7.00. The average molecular weight is 596 g/mol. The maximum absolute atomic E-state index is 13.2. The first kappa shape index (κ1) is 32.0. The summed E-state index contributed by atoms with van der Waals surface area (Å²) in [5.41, 5.74) is 3.87. The number of carbonyl (C=O) groups excluding carboxylic acids is 1. The van der Waals surface area contributed by atoms with Gasteiger partial charge in [-0.25, -0.2) is 9.59 Å². The minimum absolute atomic E-state index is 0.00185. The SMILES string of the molecule is Cc1nc2c(cc1CN1CCC(C#N)(c3ccccn3)CC1)C(=O)N([C@H]1CCCC[C@@H]1O)C2.O=C(O)C(O)C(O)C(=O)O. The molecule has 2 unspecified atom stereocenters. The number of carboxylic acids is 2. The number of carboxylic acid groups (broad SMARTS) is 2. The molecule has 0 bridgehead atoms. The summed E-state index contributed by atoms with van der Waals surface area (Å²) in [6.45, 7) is 4.82. The van der Waals surface area contributed by atoms with Crippen molar-refractivity contribution >= 4 is 17.8 Å². The van der Waals surface area contributed by atoms with E-state index in [9.17, 15) is 24.8 Å². The van der Waals surface area contributed by atoms with Crippen LogP contribution in [0.4, 0.5) is 0 Å². The van der Waals surface area contributed by atoms with Gasteiger partial charge in [0.1, 0.15) is 5.41 Å². The van der Waals surface area contributed by atoms with E-state index < -0.39 is 35.7 Å². The van der Waals surface area contributed by atoms with Crippen molar-refractivity contribution < 1.29 is 39.9 Å². The maximum atomic E-state index is 13.2. The molecule has 2 aliphatic heterocycles. The lowest BCUT2D eigenvalue weighted by Crippen LogP contribution is -2.45. The van der Waals surface area contributed by atoms with Crippen LogP contribution in [0.1, 0.15) is 71.5 Å². The number of amides is 1. The van der Waals surface area contributed by atoms with E-state index in [1.807, 2.05) is 36.1 Å². The van der Waals surface area contributed by atoms with Gasteiger partial charge in [0.2, 0.25) is 0 Å². The van der Waals surface area contributed by atoms with E-state index in [1.165, 1.54) is 0 Å². The molecule has 0 radical (unpaired) electrons. The molecule has 4 heterocycles. The molecule has 43 heavy (non-hydrogen) atoms. The van der Waals surface area contributed by atoms with Gasteiger partial charge in [0.05, 0.1) is 41.7 Å². The highest BCUT2D eigenvalue weighted by Crippen LogP contribution is 2.35. The Labute approximate surface area is 249 Å². The Morgan fingerprint density at radius 1 is 1.12 bits per heavy atom. The van der Waals surface area contributed by atoms with Crippen molar-refractivity contribution in [2.75, 3.05) is 13.1 Å². The molecule has 2 aromatic rings. The average Bonchev–Trinajstić information content (AvgIpc) is 3.32. The number of aliphatic hydroxyl groups excluding tert-OH is 3. The quantitative estimate of drug-likeness (QED) is 0.303. The number of nitriles is 1. The number of aliphatic carboxylic acids is 2. The van der Waals surface area contributed by atoms with E-state index in [-0.39, 0.29) is 11.9 Å². The first-order chi connectivity index (χ1) is 20.5. The van der Waals surface area contributed by atoms with E-state index in [2.05, 4.69) is 16.0 Å². The van der Waals surface area contributed by atoms with Gasteiger partial charge in [-0.1, -0.05) is 18.9 Å². The van der Waals surface area contributed by atoms with Crippen LogP contribution in [0.15, 0.2) is 30.5 Å². The number of carbonyl (C=O) groups is 3. The van der Waals surface area contributed by atoms with E-state index in [1.54, 1.807) is 6.20 Å². The molecule has 2 fully saturated rings. The molecular weight excluding hydrogens is 558 g/mol. The zero-order valence-electron chi connectivity index (χ0n) is 24.0. The van der Waals surface area contributed by atoms with Crippen molar-refractivity contribution in [1.29, 1.82) is 5.26 Å². The molecule has 230 valence electrons. The van der Waals surface area contributed by atoms with Crippen LogP contribution in [0.3, 0.4) is 0 Å². The second-order valence-electron chi connectivity index (χ2n) is 11.3. The first-order valence-corrected chi connectivity index (χ1v) is 14.3. The maximum Gasteiger partial charge on any atom is 0.335 e.